The van der Waals surface area contributed by atoms with Crippen LogP contribution in [0.2, 0.25) is 0 Å². The van der Waals surface area contributed by atoms with E-state index in [0.29, 0.717) is 18.3 Å². The summed E-state index contributed by atoms with van der Waals surface area (Å²) in [5, 5.41) is 0. The Morgan fingerprint density at radius 1 is 1.08 bits per heavy atom. The van der Waals surface area contributed by atoms with Crippen LogP contribution in [0.5, 0.6) is 0 Å². The fraction of sp³-hybridized carbons (Fsp3) is 0.850. The number of nitrogens with zero attached hydrogens (tertiary/aromatic N) is 1. The Hall–Kier alpha value is -0.870. The quantitative estimate of drug-likeness (QED) is 0.284. The zero-order valence-electron chi connectivity index (χ0n) is 15.9. The van der Waals surface area contributed by atoms with Crippen LogP contribution in [0.4, 0.5) is 0 Å². The molecule has 1 rings (SSSR count). The van der Waals surface area contributed by atoms with Crippen LogP contribution in [0.3, 0.4) is 0 Å². The summed E-state index contributed by atoms with van der Waals surface area (Å²) in [6, 6.07) is 0. The van der Waals surface area contributed by atoms with Gasteiger partial charge in [0.15, 0.2) is 0 Å². The SMILES string of the molecule is C=C(C)C(=O)OCCCCCCCCCCCC1CN(C)CCO1. The highest BCUT2D eigenvalue weighted by Gasteiger charge is 2.16. The predicted molar refractivity (Wildman–Crippen MR) is 99.2 cm³/mol. The summed E-state index contributed by atoms with van der Waals surface area (Å²) in [7, 11) is 2.18. The van der Waals surface area contributed by atoms with E-state index in [1.165, 1.54) is 51.4 Å². The maximum Gasteiger partial charge on any atom is 0.333 e. The van der Waals surface area contributed by atoms with E-state index in [2.05, 4.69) is 18.5 Å². The average Bonchev–Trinajstić information content (AvgIpc) is 2.55. The lowest BCUT2D eigenvalue weighted by Gasteiger charge is -2.30. The molecule has 4 heteroatoms. The minimum atomic E-state index is -0.264. The van der Waals surface area contributed by atoms with Crippen molar-refractivity contribution in [2.75, 3.05) is 33.4 Å². The molecule has 1 heterocycles. The van der Waals surface area contributed by atoms with E-state index in [-0.39, 0.29) is 5.97 Å². The minimum Gasteiger partial charge on any atom is -0.462 e. The topological polar surface area (TPSA) is 38.8 Å². The third-order valence-corrected chi connectivity index (χ3v) is 4.59. The minimum absolute atomic E-state index is 0.264. The molecule has 4 nitrogen and oxygen atoms in total. The van der Waals surface area contributed by atoms with E-state index < -0.39 is 0 Å². The Morgan fingerprint density at radius 2 is 1.67 bits per heavy atom. The number of rotatable bonds is 13. The summed E-state index contributed by atoms with van der Waals surface area (Å²) < 4.78 is 10.9. The first-order chi connectivity index (χ1) is 11.6. The van der Waals surface area contributed by atoms with Crippen molar-refractivity contribution in [3.8, 4) is 0 Å². The van der Waals surface area contributed by atoms with E-state index in [0.717, 1.165) is 32.5 Å². The van der Waals surface area contributed by atoms with E-state index in [1.807, 2.05) is 0 Å². The smallest absolute Gasteiger partial charge is 0.333 e. The Labute approximate surface area is 148 Å². The third kappa shape index (κ3) is 10.8. The summed E-state index contributed by atoms with van der Waals surface area (Å²) in [5.74, 6) is -0.264. The number of esters is 1. The summed E-state index contributed by atoms with van der Waals surface area (Å²) in [6.45, 7) is 8.86. The Bertz CT molecular complexity index is 357. The fourth-order valence-electron chi connectivity index (χ4n) is 3.04. The van der Waals surface area contributed by atoms with Crippen molar-refractivity contribution in [3.05, 3.63) is 12.2 Å². The number of likely N-dealkylation sites (N-methyl/N-ethyl adjacent to an activating group) is 1. The molecule has 1 aliphatic heterocycles. The van der Waals surface area contributed by atoms with Gasteiger partial charge in [-0.1, -0.05) is 57.9 Å². The van der Waals surface area contributed by atoms with Gasteiger partial charge in [0.05, 0.1) is 19.3 Å². The lowest BCUT2D eigenvalue weighted by molar-refractivity contribution is -0.139. The molecule has 0 bridgehead atoms. The molecule has 0 amide bonds. The Balaban J connectivity index is 1.77. The lowest BCUT2D eigenvalue weighted by atomic mass is 10.0. The fourth-order valence-corrected chi connectivity index (χ4v) is 3.04. The van der Waals surface area contributed by atoms with Crippen molar-refractivity contribution in [1.29, 1.82) is 0 Å². The normalized spacial score (nSPS) is 18.5. The highest BCUT2D eigenvalue weighted by Crippen LogP contribution is 2.14. The van der Waals surface area contributed by atoms with Gasteiger partial charge in [0.25, 0.3) is 0 Å². The van der Waals surface area contributed by atoms with Crippen molar-refractivity contribution in [1.82, 2.24) is 4.90 Å². The van der Waals surface area contributed by atoms with E-state index in [1.54, 1.807) is 6.92 Å². The maximum absolute atomic E-state index is 11.2. The molecule has 1 saturated heterocycles. The monoisotopic (exact) mass is 339 g/mol. The zero-order chi connectivity index (χ0) is 17.6. The molecular formula is C20H37NO3. The molecule has 0 spiro atoms. The van der Waals surface area contributed by atoms with Crippen LogP contribution in [0.15, 0.2) is 12.2 Å². The van der Waals surface area contributed by atoms with Crippen molar-refractivity contribution in [3.63, 3.8) is 0 Å². The van der Waals surface area contributed by atoms with Gasteiger partial charge in [-0.3, -0.25) is 0 Å². The maximum atomic E-state index is 11.2. The van der Waals surface area contributed by atoms with Crippen molar-refractivity contribution in [2.45, 2.75) is 77.2 Å². The largest absolute Gasteiger partial charge is 0.462 e. The van der Waals surface area contributed by atoms with Gasteiger partial charge in [-0.15, -0.1) is 0 Å². The molecule has 0 aliphatic carbocycles. The van der Waals surface area contributed by atoms with Gasteiger partial charge in [0.1, 0.15) is 0 Å². The number of ether oxygens (including phenoxy) is 2. The second-order valence-corrected chi connectivity index (χ2v) is 7.14. The standard InChI is InChI=1S/C20H37NO3/c1-18(2)20(22)24-15-12-10-8-6-4-5-7-9-11-13-19-17-21(3)14-16-23-19/h19H,1,4-17H2,2-3H3. The molecule has 1 atom stereocenters. The molecule has 0 saturated carbocycles. The molecule has 0 radical (unpaired) electrons. The molecule has 1 unspecified atom stereocenters. The van der Waals surface area contributed by atoms with E-state index >= 15 is 0 Å². The molecule has 0 aromatic rings. The van der Waals surface area contributed by atoms with Crippen LogP contribution in [0.1, 0.15) is 71.1 Å². The van der Waals surface area contributed by atoms with Crippen molar-refractivity contribution in [2.24, 2.45) is 0 Å². The lowest BCUT2D eigenvalue weighted by Crippen LogP contribution is -2.39. The van der Waals surface area contributed by atoms with Crippen LogP contribution in [0, 0.1) is 0 Å². The number of hydrogen-bond donors (Lipinski definition) is 0. The van der Waals surface area contributed by atoms with Crippen molar-refractivity contribution < 1.29 is 14.3 Å². The van der Waals surface area contributed by atoms with E-state index in [4.69, 9.17) is 9.47 Å². The van der Waals surface area contributed by atoms with Gasteiger partial charge in [0.2, 0.25) is 0 Å². The van der Waals surface area contributed by atoms with Gasteiger partial charge in [-0.25, -0.2) is 4.79 Å². The highest BCUT2D eigenvalue weighted by atomic mass is 16.5. The van der Waals surface area contributed by atoms with Crippen LogP contribution < -0.4 is 0 Å². The summed E-state index contributed by atoms with van der Waals surface area (Å²) in [4.78, 5) is 13.6. The highest BCUT2D eigenvalue weighted by molar-refractivity contribution is 5.86. The number of carbonyl (C=O) groups excluding carboxylic acids is 1. The Morgan fingerprint density at radius 3 is 2.25 bits per heavy atom. The van der Waals surface area contributed by atoms with Crippen LogP contribution in [0.25, 0.3) is 0 Å². The van der Waals surface area contributed by atoms with Gasteiger partial charge in [-0.2, -0.15) is 0 Å². The number of morpholine rings is 1. The summed E-state index contributed by atoms with van der Waals surface area (Å²) >= 11 is 0. The van der Waals surface area contributed by atoms with Gasteiger partial charge < -0.3 is 14.4 Å². The van der Waals surface area contributed by atoms with Crippen molar-refractivity contribution >= 4 is 5.97 Å². The van der Waals surface area contributed by atoms with Gasteiger partial charge >= 0.3 is 5.97 Å². The molecule has 1 aliphatic rings. The molecule has 1 fully saturated rings. The van der Waals surface area contributed by atoms with E-state index in [9.17, 15) is 4.79 Å². The Kier molecular flexibility index (Phi) is 11.8. The third-order valence-electron chi connectivity index (χ3n) is 4.59. The first kappa shape index (κ1) is 21.2. The predicted octanol–water partition coefficient (Wildman–Crippen LogP) is 4.34. The number of hydrogen-bond acceptors (Lipinski definition) is 4. The first-order valence-corrected chi connectivity index (χ1v) is 9.72. The molecule has 0 aromatic carbocycles. The summed E-state index contributed by atoms with van der Waals surface area (Å²) in [6.07, 6.45) is 13.0. The van der Waals surface area contributed by atoms with Crippen LogP contribution in [-0.2, 0) is 14.3 Å². The molecule has 0 aromatic heterocycles. The van der Waals surface area contributed by atoms with Crippen LogP contribution >= 0.6 is 0 Å². The van der Waals surface area contributed by atoms with Crippen LogP contribution in [-0.4, -0.2) is 50.3 Å². The second kappa shape index (κ2) is 13.4. The zero-order valence-corrected chi connectivity index (χ0v) is 15.9. The second-order valence-electron chi connectivity index (χ2n) is 7.14. The molecule has 140 valence electrons. The first-order valence-electron chi connectivity index (χ1n) is 9.72. The molecular weight excluding hydrogens is 302 g/mol. The van der Waals surface area contributed by atoms with Gasteiger partial charge in [-0.05, 0) is 26.8 Å². The molecule has 24 heavy (non-hydrogen) atoms. The van der Waals surface area contributed by atoms with Gasteiger partial charge in [0, 0.05) is 18.7 Å². The number of unbranched alkanes of at least 4 members (excludes halogenated alkanes) is 8. The summed E-state index contributed by atoms with van der Waals surface area (Å²) in [5.41, 5.74) is 0.483. The number of carbonyl (C=O) groups is 1. The molecule has 0 N–H and O–H groups in total. The average molecular weight is 340 g/mol.